The molecule has 2 aromatic carbocycles. The summed E-state index contributed by atoms with van der Waals surface area (Å²) in [7, 11) is 0. The van der Waals surface area contributed by atoms with E-state index in [4.69, 9.17) is 4.74 Å². The first-order valence-electron chi connectivity index (χ1n) is 11.3. The number of aromatic amines is 1. The number of carbonyl (C=O) groups is 1. The van der Waals surface area contributed by atoms with Gasteiger partial charge >= 0.3 is 0 Å². The first-order valence-corrected chi connectivity index (χ1v) is 11.3. The number of para-hydroxylation sites is 2. The van der Waals surface area contributed by atoms with Crippen LogP contribution in [-0.2, 0) is 17.6 Å². The van der Waals surface area contributed by atoms with Gasteiger partial charge in [-0.05, 0) is 54.2 Å². The Hall–Kier alpha value is -3.60. The highest BCUT2D eigenvalue weighted by molar-refractivity contribution is 5.90. The van der Waals surface area contributed by atoms with E-state index in [-0.39, 0.29) is 17.9 Å². The second-order valence-corrected chi connectivity index (χ2v) is 8.73. The fourth-order valence-electron chi connectivity index (χ4n) is 5.23. The molecule has 1 aliphatic carbocycles. The minimum Gasteiger partial charge on any atom is -0.487 e. The third-order valence-electron chi connectivity index (χ3n) is 6.76. The van der Waals surface area contributed by atoms with Crippen molar-refractivity contribution >= 4 is 16.8 Å². The highest BCUT2D eigenvalue weighted by Crippen LogP contribution is 2.39. The van der Waals surface area contributed by atoms with Crippen LogP contribution in [0.4, 0.5) is 0 Å². The molecule has 1 amide bonds. The van der Waals surface area contributed by atoms with Crippen molar-refractivity contribution in [3.05, 3.63) is 83.8 Å². The van der Waals surface area contributed by atoms with E-state index in [1.165, 1.54) is 16.5 Å². The minimum atomic E-state index is -0.123. The molecule has 4 aromatic rings. The van der Waals surface area contributed by atoms with Gasteiger partial charge in [-0.1, -0.05) is 36.4 Å². The van der Waals surface area contributed by atoms with Crippen LogP contribution < -0.4 is 10.1 Å². The fraction of sp³-hybridized carbons (Fsp3) is 0.259. The quantitative estimate of drug-likeness (QED) is 0.497. The molecule has 0 saturated carbocycles. The Bertz CT molecular complexity index is 1300. The van der Waals surface area contributed by atoms with Gasteiger partial charge in [-0.2, -0.15) is 0 Å². The number of fused-ring (bicyclic) bond motifs is 4. The molecule has 2 aromatic heterocycles. The largest absolute Gasteiger partial charge is 0.487 e. The minimum absolute atomic E-state index is 0.0530. The topological polar surface area (TPSA) is 67.0 Å². The van der Waals surface area contributed by atoms with E-state index in [0.717, 1.165) is 53.8 Å². The molecule has 32 heavy (non-hydrogen) atoms. The van der Waals surface area contributed by atoms with Crippen LogP contribution in [0.15, 0.2) is 67.0 Å². The van der Waals surface area contributed by atoms with Gasteiger partial charge in [0.15, 0.2) is 0 Å². The van der Waals surface area contributed by atoms with E-state index < -0.39 is 0 Å². The second-order valence-electron chi connectivity index (χ2n) is 8.73. The average Bonchev–Trinajstić information content (AvgIpc) is 3.44. The lowest BCUT2D eigenvalue weighted by molar-refractivity contribution is -0.123. The summed E-state index contributed by atoms with van der Waals surface area (Å²) in [6.45, 7) is 0.509. The van der Waals surface area contributed by atoms with Crippen LogP contribution in [-0.4, -0.2) is 28.5 Å². The predicted molar refractivity (Wildman–Crippen MR) is 125 cm³/mol. The van der Waals surface area contributed by atoms with Crippen molar-refractivity contribution in [1.29, 1.82) is 0 Å². The van der Waals surface area contributed by atoms with Gasteiger partial charge in [0.05, 0.1) is 12.5 Å². The van der Waals surface area contributed by atoms with Crippen LogP contribution >= 0.6 is 0 Å². The molecule has 3 heterocycles. The Morgan fingerprint density at radius 1 is 1.09 bits per heavy atom. The molecular formula is C27H25N3O2. The number of benzene rings is 2. The fourth-order valence-corrected chi connectivity index (χ4v) is 5.23. The summed E-state index contributed by atoms with van der Waals surface area (Å²) in [6, 6.07) is 18.6. The third kappa shape index (κ3) is 3.25. The molecule has 2 N–H and O–H groups in total. The molecule has 0 saturated heterocycles. The van der Waals surface area contributed by atoms with Crippen LogP contribution in [0.2, 0.25) is 0 Å². The van der Waals surface area contributed by atoms with Crippen molar-refractivity contribution in [2.45, 2.75) is 37.7 Å². The maximum absolute atomic E-state index is 13.2. The smallest absolute Gasteiger partial charge is 0.229 e. The highest BCUT2D eigenvalue weighted by Gasteiger charge is 2.31. The van der Waals surface area contributed by atoms with Gasteiger partial charge in [0.25, 0.3) is 0 Å². The Labute approximate surface area is 186 Å². The number of rotatable bonds is 4. The van der Waals surface area contributed by atoms with Gasteiger partial charge in [0, 0.05) is 41.0 Å². The number of pyridine rings is 1. The number of aromatic nitrogens is 2. The Morgan fingerprint density at radius 2 is 1.97 bits per heavy atom. The number of hydrogen-bond acceptors (Lipinski definition) is 3. The van der Waals surface area contributed by atoms with Crippen molar-refractivity contribution in [3.8, 4) is 16.9 Å². The SMILES string of the molecule is O=C(NC[C@H]1Cc2cccc(-c3ccncc3)c2O1)[C@H]1CCCc2c1[nH]c1ccccc21. The van der Waals surface area contributed by atoms with E-state index >= 15 is 0 Å². The first-order chi connectivity index (χ1) is 15.8. The third-order valence-corrected chi connectivity index (χ3v) is 6.76. The van der Waals surface area contributed by atoms with Crippen LogP contribution in [0, 0.1) is 0 Å². The Morgan fingerprint density at radius 3 is 2.88 bits per heavy atom. The number of aryl methyl sites for hydroxylation is 1. The van der Waals surface area contributed by atoms with Gasteiger partial charge < -0.3 is 15.0 Å². The second kappa shape index (κ2) is 7.83. The zero-order valence-corrected chi connectivity index (χ0v) is 17.8. The lowest BCUT2D eigenvalue weighted by Crippen LogP contribution is -2.38. The van der Waals surface area contributed by atoms with E-state index in [1.807, 2.05) is 18.2 Å². The molecule has 1 aliphatic heterocycles. The molecule has 0 radical (unpaired) electrons. The number of nitrogens with one attached hydrogen (secondary N) is 2. The van der Waals surface area contributed by atoms with Crippen molar-refractivity contribution < 1.29 is 9.53 Å². The number of ether oxygens (including phenoxy) is 1. The molecule has 5 nitrogen and oxygen atoms in total. The zero-order valence-electron chi connectivity index (χ0n) is 17.8. The molecule has 0 bridgehead atoms. The number of amides is 1. The number of hydrogen-bond donors (Lipinski definition) is 2. The van der Waals surface area contributed by atoms with Gasteiger partial charge in [-0.3, -0.25) is 9.78 Å². The van der Waals surface area contributed by atoms with Gasteiger partial charge in [-0.15, -0.1) is 0 Å². The molecule has 0 fully saturated rings. The Balaban J connectivity index is 1.17. The molecule has 160 valence electrons. The highest BCUT2D eigenvalue weighted by atomic mass is 16.5. The molecule has 2 atom stereocenters. The summed E-state index contributed by atoms with van der Waals surface area (Å²) in [4.78, 5) is 20.8. The van der Waals surface area contributed by atoms with Crippen LogP contribution in [0.3, 0.4) is 0 Å². The summed E-state index contributed by atoms with van der Waals surface area (Å²) in [5, 5.41) is 4.43. The van der Waals surface area contributed by atoms with Crippen LogP contribution in [0.5, 0.6) is 5.75 Å². The van der Waals surface area contributed by atoms with Crippen molar-refractivity contribution in [2.24, 2.45) is 0 Å². The number of nitrogens with zero attached hydrogens (tertiary/aromatic N) is 1. The van der Waals surface area contributed by atoms with Gasteiger partial charge in [0.2, 0.25) is 5.91 Å². The summed E-state index contributed by atoms with van der Waals surface area (Å²) >= 11 is 0. The molecule has 6 rings (SSSR count). The standard InChI is InChI=1S/C27H25N3O2/c31-27(23-9-4-8-22-21-6-1-2-10-24(21)30-25(22)23)29-16-19-15-18-5-3-7-20(26(18)32-19)17-11-13-28-14-12-17/h1-3,5-7,10-14,19,23,30H,4,8-9,15-16H2,(H,29,31)/t19-,23+/m1/s1. The lowest BCUT2D eigenvalue weighted by atomic mass is 9.86. The molecule has 0 spiro atoms. The van der Waals surface area contributed by atoms with Crippen LogP contribution in [0.1, 0.15) is 35.6 Å². The normalized spacial score (nSPS) is 19.2. The summed E-state index contributed by atoms with van der Waals surface area (Å²) in [6.07, 6.45) is 7.28. The van der Waals surface area contributed by atoms with Crippen LogP contribution in [0.25, 0.3) is 22.0 Å². The molecule has 0 unspecified atom stereocenters. The maximum Gasteiger partial charge on any atom is 0.229 e. The van der Waals surface area contributed by atoms with Crippen molar-refractivity contribution in [3.63, 3.8) is 0 Å². The zero-order chi connectivity index (χ0) is 21.5. The number of carbonyl (C=O) groups excluding carboxylic acids is 1. The summed E-state index contributed by atoms with van der Waals surface area (Å²) in [5.41, 5.74) is 6.87. The van der Waals surface area contributed by atoms with Crippen molar-refractivity contribution in [1.82, 2.24) is 15.3 Å². The maximum atomic E-state index is 13.2. The van der Waals surface area contributed by atoms with Crippen molar-refractivity contribution in [2.75, 3.05) is 6.54 Å². The first kappa shape index (κ1) is 19.1. The van der Waals surface area contributed by atoms with Gasteiger partial charge in [-0.25, -0.2) is 0 Å². The predicted octanol–water partition coefficient (Wildman–Crippen LogP) is 4.77. The molecule has 5 heteroatoms. The summed E-state index contributed by atoms with van der Waals surface area (Å²) in [5.74, 6) is 0.891. The molecular weight excluding hydrogens is 398 g/mol. The monoisotopic (exact) mass is 423 g/mol. The average molecular weight is 424 g/mol. The number of H-pyrrole nitrogens is 1. The van der Waals surface area contributed by atoms with Gasteiger partial charge in [0.1, 0.15) is 11.9 Å². The van der Waals surface area contributed by atoms with E-state index in [2.05, 4.69) is 51.7 Å². The Kier molecular flexibility index (Phi) is 4.67. The van der Waals surface area contributed by atoms with E-state index in [1.54, 1.807) is 12.4 Å². The lowest BCUT2D eigenvalue weighted by Gasteiger charge is -2.23. The van der Waals surface area contributed by atoms with E-state index in [9.17, 15) is 4.79 Å². The van der Waals surface area contributed by atoms with E-state index in [0.29, 0.717) is 6.54 Å². The molecule has 2 aliphatic rings. The summed E-state index contributed by atoms with van der Waals surface area (Å²) < 4.78 is 6.30.